The van der Waals surface area contributed by atoms with Crippen LogP contribution in [0.4, 0.5) is 0 Å². The third kappa shape index (κ3) is 2.63. The van der Waals surface area contributed by atoms with Gasteiger partial charge in [0.2, 0.25) is 0 Å². The molecular formula is C13H22BrN3O. The molecule has 0 amide bonds. The molecule has 0 bridgehead atoms. The molecule has 0 spiro atoms. The van der Waals surface area contributed by atoms with Crippen molar-refractivity contribution in [1.82, 2.24) is 9.78 Å². The molecule has 1 aromatic rings. The van der Waals surface area contributed by atoms with Crippen LogP contribution in [0.2, 0.25) is 0 Å². The van der Waals surface area contributed by atoms with Crippen LogP contribution in [-0.2, 0) is 13.5 Å². The van der Waals surface area contributed by atoms with E-state index in [0.29, 0.717) is 6.54 Å². The second kappa shape index (κ2) is 5.31. The molecule has 0 atom stereocenters. The highest BCUT2D eigenvalue weighted by Gasteiger charge is 2.35. The Hall–Kier alpha value is -0.390. The minimum absolute atomic E-state index is 0.127. The van der Waals surface area contributed by atoms with Crippen LogP contribution in [0.5, 0.6) is 0 Å². The van der Waals surface area contributed by atoms with Crippen LogP contribution in [0.1, 0.15) is 37.1 Å². The summed E-state index contributed by atoms with van der Waals surface area (Å²) in [6.07, 6.45) is 4.54. The fourth-order valence-corrected chi connectivity index (χ4v) is 3.37. The minimum atomic E-state index is -0.138. The van der Waals surface area contributed by atoms with Gasteiger partial charge < -0.3 is 10.8 Å². The number of aryl methyl sites for hydroxylation is 2. The molecule has 1 aliphatic rings. The van der Waals surface area contributed by atoms with E-state index in [2.05, 4.69) is 21.0 Å². The molecule has 1 fully saturated rings. The molecule has 1 saturated carbocycles. The van der Waals surface area contributed by atoms with Gasteiger partial charge in [-0.3, -0.25) is 4.68 Å². The zero-order valence-electron chi connectivity index (χ0n) is 11.1. The van der Waals surface area contributed by atoms with Crippen molar-refractivity contribution in [3.05, 3.63) is 15.9 Å². The quantitative estimate of drug-likeness (QED) is 0.895. The molecule has 2 rings (SSSR count). The lowest BCUT2D eigenvalue weighted by atomic mass is 9.70. The Labute approximate surface area is 117 Å². The Morgan fingerprint density at radius 1 is 1.50 bits per heavy atom. The molecule has 18 heavy (non-hydrogen) atoms. The molecular weight excluding hydrogens is 294 g/mol. The van der Waals surface area contributed by atoms with Gasteiger partial charge in [0, 0.05) is 7.05 Å². The van der Waals surface area contributed by atoms with Gasteiger partial charge in [0.15, 0.2) is 0 Å². The Morgan fingerprint density at radius 3 is 2.56 bits per heavy atom. The Kier molecular flexibility index (Phi) is 4.14. The van der Waals surface area contributed by atoms with E-state index in [0.717, 1.165) is 42.3 Å². The molecule has 3 N–H and O–H groups in total. The number of hydrogen-bond acceptors (Lipinski definition) is 3. The summed E-state index contributed by atoms with van der Waals surface area (Å²) in [7, 11) is 1.98. The largest absolute Gasteiger partial charge is 0.393 e. The van der Waals surface area contributed by atoms with E-state index in [4.69, 9.17) is 5.73 Å². The SMILES string of the molecule is Cc1nn(C)c(CC2(CN)CCC(O)CC2)c1Br. The Bertz CT molecular complexity index is 422. The highest BCUT2D eigenvalue weighted by atomic mass is 79.9. The number of aliphatic hydroxyl groups excluding tert-OH is 1. The maximum atomic E-state index is 9.65. The fourth-order valence-electron chi connectivity index (χ4n) is 2.90. The molecule has 4 nitrogen and oxygen atoms in total. The maximum Gasteiger partial charge on any atom is 0.0738 e. The first-order chi connectivity index (χ1) is 8.47. The molecule has 102 valence electrons. The lowest BCUT2D eigenvalue weighted by molar-refractivity contribution is 0.0655. The highest BCUT2D eigenvalue weighted by molar-refractivity contribution is 9.10. The van der Waals surface area contributed by atoms with E-state index in [1.165, 1.54) is 5.69 Å². The first-order valence-corrected chi connectivity index (χ1v) is 7.33. The summed E-state index contributed by atoms with van der Waals surface area (Å²) in [5.74, 6) is 0. The monoisotopic (exact) mass is 315 g/mol. The predicted molar refractivity (Wildman–Crippen MR) is 75.3 cm³/mol. The average molecular weight is 316 g/mol. The van der Waals surface area contributed by atoms with Crippen molar-refractivity contribution in [2.24, 2.45) is 18.2 Å². The van der Waals surface area contributed by atoms with Gasteiger partial charge in [0.05, 0.1) is 22.0 Å². The van der Waals surface area contributed by atoms with Crippen LogP contribution in [0.3, 0.4) is 0 Å². The van der Waals surface area contributed by atoms with E-state index in [1.807, 2.05) is 18.7 Å². The van der Waals surface area contributed by atoms with Crippen LogP contribution in [0, 0.1) is 12.3 Å². The summed E-state index contributed by atoms with van der Waals surface area (Å²) in [4.78, 5) is 0. The normalized spacial score (nSPS) is 28.6. The number of aromatic nitrogens is 2. The van der Waals surface area contributed by atoms with Gasteiger partial charge in [-0.25, -0.2) is 0 Å². The van der Waals surface area contributed by atoms with Crippen molar-refractivity contribution in [2.45, 2.75) is 45.1 Å². The van der Waals surface area contributed by atoms with Gasteiger partial charge >= 0.3 is 0 Å². The van der Waals surface area contributed by atoms with Crippen molar-refractivity contribution >= 4 is 15.9 Å². The van der Waals surface area contributed by atoms with Crippen molar-refractivity contribution in [2.75, 3.05) is 6.54 Å². The van der Waals surface area contributed by atoms with Gasteiger partial charge in [0.1, 0.15) is 0 Å². The second-order valence-corrected chi connectivity index (χ2v) is 6.37. The van der Waals surface area contributed by atoms with Crippen LogP contribution in [-0.4, -0.2) is 27.5 Å². The molecule has 1 aliphatic carbocycles. The Balaban J connectivity index is 2.20. The summed E-state index contributed by atoms with van der Waals surface area (Å²) in [5.41, 5.74) is 8.38. The zero-order chi connectivity index (χ0) is 13.3. The minimum Gasteiger partial charge on any atom is -0.393 e. The topological polar surface area (TPSA) is 64.1 Å². The van der Waals surface area contributed by atoms with E-state index < -0.39 is 0 Å². The molecule has 0 aromatic carbocycles. The van der Waals surface area contributed by atoms with Crippen molar-refractivity contribution in [1.29, 1.82) is 0 Å². The molecule has 0 radical (unpaired) electrons. The van der Waals surface area contributed by atoms with Crippen LogP contribution < -0.4 is 5.73 Å². The number of nitrogens with two attached hydrogens (primary N) is 1. The van der Waals surface area contributed by atoms with Crippen molar-refractivity contribution in [3.63, 3.8) is 0 Å². The van der Waals surface area contributed by atoms with E-state index in [1.54, 1.807) is 0 Å². The van der Waals surface area contributed by atoms with Crippen LogP contribution >= 0.6 is 15.9 Å². The number of halogens is 1. The first-order valence-electron chi connectivity index (χ1n) is 6.53. The third-order valence-electron chi connectivity index (χ3n) is 4.25. The van der Waals surface area contributed by atoms with Gasteiger partial charge in [-0.15, -0.1) is 0 Å². The van der Waals surface area contributed by atoms with Crippen molar-refractivity contribution < 1.29 is 5.11 Å². The Morgan fingerprint density at radius 2 is 2.11 bits per heavy atom. The number of nitrogens with zero attached hydrogens (tertiary/aromatic N) is 2. The van der Waals surface area contributed by atoms with Gasteiger partial charge in [-0.2, -0.15) is 5.10 Å². The summed E-state index contributed by atoms with van der Waals surface area (Å²) >= 11 is 3.62. The number of aliphatic hydroxyl groups is 1. The summed E-state index contributed by atoms with van der Waals surface area (Å²) < 4.78 is 3.05. The fraction of sp³-hybridized carbons (Fsp3) is 0.769. The van der Waals surface area contributed by atoms with Crippen molar-refractivity contribution in [3.8, 4) is 0 Å². The third-order valence-corrected chi connectivity index (χ3v) is 5.28. The predicted octanol–water partition coefficient (Wildman–Crippen LogP) is 1.91. The molecule has 0 aliphatic heterocycles. The van der Waals surface area contributed by atoms with Crippen LogP contribution in [0.15, 0.2) is 4.47 Å². The zero-order valence-corrected chi connectivity index (χ0v) is 12.7. The smallest absolute Gasteiger partial charge is 0.0738 e. The number of hydrogen-bond donors (Lipinski definition) is 2. The molecule has 0 saturated heterocycles. The van der Waals surface area contributed by atoms with Crippen LogP contribution in [0.25, 0.3) is 0 Å². The van der Waals surface area contributed by atoms with Gasteiger partial charge in [0.25, 0.3) is 0 Å². The molecule has 0 unspecified atom stereocenters. The first kappa shape index (κ1) is 14.0. The second-order valence-electron chi connectivity index (χ2n) is 5.58. The van der Waals surface area contributed by atoms with E-state index >= 15 is 0 Å². The molecule has 1 aromatic heterocycles. The van der Waals surface area contributed by atoms with E-state index in [9.17, 15) is 5.11 Å². The van der Waals surface area contributed by atoms with Gasteiger partial charge in [-0.1, -0.05) is 0 Å². The molecule has 1 heterocycles. The average Bonchev–Trinajstić information content (AvgIpc) is 2.59. The maximum absolute atomic E-state index is 9.65. The molecule has 5 heteroatoms. The number of rotatable bonds is 3. The summed E-state index contributed by atoms with van der Waals surface area (Å²) in [5, 5.41) is 14.1. The highest BCUT2D eigenvalue weighted by Crippen LogP contribution is 2.40. The standard InChI is InChI=1S/C13H22BrN3O/c1-9-12(14)11(17(2)16-9)7-13(8-15)5-3-10(18)4-6-13/h10,18H,3-8,15H2,1-2H3. The lowest BCUT2D eigenvalue weighted by Crippen LogP contribution is -2.38. The summed E-state index contributed by atoms with van der Waals surface area (Å²) in [6, 6.07) is 0. The van der Waals surface area contributed by atoms with E-state index in [-0.39, 0.29) is 11.5 Å². The summed E-state index contributed by atoms with van der Waals surface area (Å²) in [6.45, 7) is 2.68. The van der Waals surface area contributed by atoms with Gasteiger partial charge in [-0.05, 0) is 66.9 Å². The lowest BCUT2D eigenvalue weighted by Gasteiger charge is -2.38.